The molecule has 0 atom stereocenters. The Morgan fingerprint density at radius 1 is 1.06 bits per heavy atom. The third-order valence-electron chi connectivity index (χ3n) is 2.63. The van der Waals surface area contributed by atoms with Crippen LogP contribution in [0.3, 0.4) is 0 Å². The van der Waals surface area contributed by atoms with Gasteiger partial charge in [-0.25, -0.2) is 0 Å². The van der Waals surface area contributed by atoms with Gasteiger partial charge in [0, 0.05) is 0 Å². The van der Waals surface area contributed by atoms with Gasteiger partial charge in [0.15, 0.2) is 0 Å². The summed E-state index contributed by atoms with van der Waals surface area (Å²) in [6, 6.07) is 19.5. The van der Waals surface area contributed by atoms with Crippen molar-refractivity contribution in [3.8, 4) is 11.8 Å². The van der Waals surface area contributed by atoms with Crippen molar-refractivity contribution in [2.75, 3.05) is 7.11 Å². The van der Waals surface area contributed by atoms with Crippen molar-refractivity contribution in [2.24, 2.45) is 0 Å². The molecule has 0 bridgehead atoms. The van der Waals surface area contributed by atoms with Crippen LogP contribution in [0.15, 0.2) is 54.6 Å². The monoisotopic (exact) mass is 235 g/mol. The lowest BCUT2D eigenvalue weighted by Crippen LogP contribution is -1.85. The minimum absolute atomic E-state index is 0.642. The van der Waals surface area contributed by atoms with Gasteiger partial charge in [0.05, 0.1) is 18.8 Å². The lowest BCUT2D eigenvalue weighted by Gasteiger charge is -2.02. The average molecular weight is 235 g/mol. The van der Waals surface area contributed by atoms with Gasteiger partial charge in [0.2, 0.25) is 0 Å². The van der Waals surface area contributed by atoms with Crippen LogP contribution in [0.4, 0.5) is 0 Å². The van der Waals surface area contributed by atoms with E-state index in [0.29, 0.717) is 5.57 Å². The van der Waals surface area contributed by atoms with Crippen LogP contribution in [0.1, 0.15) is 11.1 Å². The number of allylic oxidation sites excluding steroid dienone is 1. The van der Waals surface area contributed by atoms with Crippen molar-refractivity contribution in [2.45, 2.75) is 0 Å². The highest BCUT2D eigenvalue weighted by atomic mass is 16.5. The molecule has 0 saturated heterocycles. The lowest BCUT2D eigenvalue weighted by molar-refractivity contribution is 0.415. The topological polar surface area (TPSA) is 33.0 Å². The first-order valence-corrected chi connectivity index (χ1v) is 5.65. The molecular formula is C16H13NO. The quantitative estimate of drug-likeness (QED) is 0.599. The summed E-state index contributed by atoms with van der Waals surface area (Å²) in [4.78, 5) is 0. The third-order valence-corrected chi connectivity index (χ3v) is 2.63. The van der Waals surface area contributed by atoms with Gasteiger partial charge in [-0.2, -0.15) is 5.26 Å². The highest BCUT2D eigenvalue weighted by molar-refractivity contribution is 5.89. The fourth-order valence-corrected chi connectivity index (χ4v) is 1.67. The summed E-state index contributed by atoms with van der Waals surface area (Å²) >= 11 is 0. The van der Waals surface area contributed by atoms with Crippen LogP contribution in [-0.2, 0) is 0 Å². The molecule has 0 aliphatic rings. The number of rotatable bonds is 3. The average Bonchev–Trinajstić information content (AvgIpc) is 2.46. The van der Waals surface area contributed by atoms with Crippen LogP contribution in [0.5, 0.6) is 5.75 Å². The van der Waals surface area contributed by atoms with Crippen LogP contribution < -0.4 is 4.74 Å². The normalized spacial score (nSPS) is 10.8. The summed E-state index contributed by atoms with van der Waals surface area (Å²) in [7, 11) is 1.63. The largest absolute Gasteiger partial charge is 0.497 e. The van der Waals surface area contributed by atoms with Crippen molar-refractivity contribution >= 4 is 11.6 Å². The minimum atomic E-state index is 0.642. The fourth-order valence-electron chi connectivity index (χ4n) is 1.67. The highest BCUT2D eigenvalue weighted by Crippen LogP contribution is 2.20. The molecule has 0 aromatic heterocycles. The predicted molar refractivity (Wildman–Crippen MR) is 72.9 cm³/mol. The highest BCUT2D eigenvalue weighted by Gasteiger charge is 2.01. The molecule has 0 radical (unpaired) electrons. The van der Waals surface area contributed by atoms with E-state index in [2.05, 4.69) is 6.07 Å². The number of methoxy groups -OCH3 is 1. The maximum atomic E-state index is 9.22. The van der Waals surface area contributed by atoms with E-state index < -0.39 is 0 Å². The molecule has 18 heavy (non-hydrogen) atoms. The maximum absolute atomic E-state index is 9.22. The number of hydrogen-bond donors (Lipinski definition) is 0. The Kier molecular flexibility index (Phi) is 3.78. The Morgan fingerprint density at radius 2 is 1.72 bits per heavy atom. The number of nitriles is 1. The fraction of sp³-hybridized carbons (Fsp3) is 0.0625. The van der Waals surface area contributed by atoms with Gasteiger partial charge in [0.25, 0.3) is 0 Å². The van der Waals surface area contributed by atoms with E-state index in [-0.39, 0.29) is 0 Å². The lowest BCUT2D eigenvalue weighted by atomic mass is 10.0. The van der Waals surface area contributed by atoms with E-state index in [0.717, 1.165) is 16.9 Å². The Hall–Kier alpha value is -2.53. The Bertz CT molecular complexity index is 577. The summed E-state index contributed by atoms with van der Waals surface area (Å²) in [6.45, 7) is 0. The van der Waals surface area contributed by atoms with Crippen LogP contribution in [0, 0.1) is 11.3 Å². The van der Waals surface area contributed by atoms with Gasteiger partial charge in [-0.05, 0) is 41.5 Å². The summed E-state index contributed by atoms with van der Waals surface area (Å²) in [6.07, 6.45) is 1.88. The van der Waals surface area contributed by atoms with Gasteiger partial charge in [-0.1, -0.05) is 30.3 Å². The molecule has 2 heteroatoms. The molecule has 2 rings (SSSR count). The zero-order chi connectivity index (χ0) is 12.8. The first-order chi connectivity index (χ1) is 8.83. The number of hydrogen-bond acceptors (Lipinski definition) is 2. The zero-order valence-electron chi connectivity index (χ0n) is 10.1. The second-order valence-corrected chi connectivity index (χ2v) is 3.81. The molecule has 0 amide bonds. The minimum Gasteiger partial charge on any atom is -0.497 e. The number of benzene rings is 2. The molecule has 0 aliphatic carbocycles. The molecule has 2 nitrogen and oxygen atoms in total. The number of nitrogens with zero attached hydrogens (tertiary/aromatic N) is 1. The second kappa shape index (κ2) is 5.70. The first kappa shape index (κ1) is 11.9. The molecule has 0 unspecified atom stereocenters. The van der Waals surface area contributed by atoms with Crippen molar-refractivity contribution < 1.29 is 4.74 Å². The Morgan fingerprint density at radius 3 is 2.28 bits per heavy atom. The third kappa shape index (κ3) is 2.78. The van der Waals surface area contributed by atoms with E-state index in [1.165, 1.54) is 0 Å². The summed E-state index contributed by atoms with van der Waals surface area (Å²) in [5.74, 6) is 0.788. The molecule has 0 heterocycles. The van der Waals surface area contributed by atoms with E-state index in [1.54, 1.807) is 7.11 Å². The van der Waals surface area contributed by atoms with Gasteiger partial charge < -0.3 is 4.74 Å². The van der Waals surface area contributed by atoms with Gasteiger partial charge in [0.1, 0.15) is 5.75 Å². The maximum Gasteiger partial charge on any atom is 0.118 e. The molecule has 2 aromatic rings. The van der Waals surface area contributed by atoms with E-state index >= 15 is 0 Å². The summed E-state index contributed by atoms with van der Waals surface area (Å²) < 4.78 is 5.10. The molecule has 0 aliphatic heterocycles. The second-order valence-electron chi connectivity index (χ2n) is 3.81. The van der Waals surface area contributed by atoms with Crippen LogP contribution in [0.2, 0.25) is 0 Å². The van der Waals surface area contributed by atoms with Crippen molar-refractivity contribution in [3.63, 3.8) is 0 Å². The molecule has 0 N–H and O–H groups in total. The van der Waals surface area contributed by atoms with Crippen molar-refractivity contribution in [3.05, 3.63) is 65.7 Å². The molecule has 2 aromatic carbocycles. The van der Waals surface area contributed by atoms with E-state index in [4.69, 9.17) is 4.74 Å². The van der Waals surface area contributed by atoms with Crippen molar-refractivity contribution in [1.29, 1.82) is 5.26 Å². The van der Waals surface area contributed by atoms with Crippen LogP contribution in [0.25, 0.3) is 11.6 Å². The molecule has 0 spiro atoms. The smallest absolute Gasteiger partial charge is 0.118 e. The SMILES string of the molecule is COc1ccc(C(C#N)=Cc2ccccc2)cc1. The molecular weight excluding hydrogens is 222 g/mol. The van der Waals surface area contributed by atoms with Gasteiger partial charge >= 0.3 is 0 Å². The Labute approximate surface area is 107 Å². The predicted octanol–water partition coefficient (Wildman–Crippen LogP) is 3.76. The van der Waals surface area contributed by atoms with Crippen molar-refractivity contribution in [1.82, 2.24) is 0 Å². The zero-order valence-corrected chi connectivity index (χ0v) is 10.1. The molecule has 88 valence electrons. The summed E-state index contributed by atoms with van der Waals surface area (Å²) in [5, 5.41) is 9.22. The Balaban J connectivity index is 2.34. The standard InChI is InChI=1S/C16H13NO/c1-18-16-9-7-14(8-10-16)15(12-17)11-13-5-3-2-4-6-13/h2-11H,1H3. The number of ether oxygens (including phenoxy) is 1. The van der Waals surface area contributed by atoms with E-state index in [9.17, 15) is 5.26 Å². The van der Waals surface area contributed by atoms with Crippen LogP contribution in [-0.4, -0.2) is 7.11 Å². The van der Waals surface area contributed by atoms with Gasteiger partial charge in [-0.3, -0.25) is 0 Å². The summed E-state index contributed by atoms with van der Waals surface area (Å²) in [5.41, 5.74) is 2.55. The first-order valence-electron chi connectivity index (χ1n) is 5.65. The van der Waals surface area contributed by atoms with Gasteiger partial charge in [-0.15, -0.1) is 0 Å². The van der Waals surface area contributed by atoms with Crippen LogP contribution >= 0.6 is 0 Å². The van der Waals surface area contributed by atoms with E-state index in [1.807, 2.05) is 60.7 Å². The molecule has 0 saturated carbocycles. The molecule has 0 fully saturated rings.